The molecular weight excluding hydrogens is 223 g/mol. The monoisotopic (exact) mass is 234 g/mol. The number of aryl methyl sites for hydroxylation is 1. The Bertz CT molecular complexity index is 606. The number of alkyl halides is 1. The summed E-state index contributed by atoms with van der Waals surface area (Å²) in [5, 5.41) is 8.89. The van der Waals surface area contributed by atoms with Crippen molar-refractivity contribution < 1.29 is 14.3 Å². The van der Waals surface area contributed by atoms with Gasteiger partial charge in [-0.3, -0.25) is 0 Å². The zero-order chi connectivity index (χ0) is 12.0. The van der Waals surface area contributed by atoms with Gasteiger partial charge in [-0.05, 0) is 24.6 Å². The number of carboxylic acids is 1. The Kier molecular flexibility index (Phi) is 2.14. The van der Waals surface area contributed by atoms with Crippen molar-refractivity contribution in [3.05, 3.63) is 29.6 Å². The molecule has 1 aromatic carbocycles. The van der Waals surface area contributed by atoms with Gasteiger partial charge in [0, 0.05) is 13.0 Å². The molecule has 3 rings (SSSR count). The Morgan fingerprint density at radius 1 is 1.53 bits per heavy atom. The predicted molar refractivity (Wildman–Crippen MR) is 59.9 cm³/mol. The summed E-state index contributed by atoms with van der Waals surface area (Å²) in [5.41, 5.74) is 1.73. The summed E-state index contributed by atoms with van der Waals surface area (Å²) in [6.45, 7) is 0.611. The highest BCUT2D eigenvalue weighted by Gasteiger charge is 2.21. The molecule has 1 aliphatic rings. The molecule has 2 aromatic rings. The van der Waals surface area contributed by atoms with E-state index in [2.05, 4.69) is 4.98 Å². The fraction of sp³-hybridized carbons (Fsp3) is 0.333. The minimum atomic E-state index is -0.971. The summed E-state index contributed by atoms with van der Waals surface area (Å²) < 4.78 is 15.2. The van der Waals surface area contributed by atoms with Gasteiger partial charge in [-0.1, -0.05) is 0 Å². The fourth-order valence-corrected chi connectivity index (χ4v) is 2.29. The van der Waals surface area contributed by atoms with Crippen LogP contribution in [0.5, 0.6) is 0 Å². The van der Waals surface area contributed by atoms with E-state index in [1.165, 1.54) is 6.07 Å². The second kappa shape index (κ2) is 3.55. The van der Waals surface area contributed by atoms with E-state index in [0.29, 0.717) is 30.7 Å². The number of benzene rings is 1. The maximum atomic E-state index is 13.3. The van der Waals surface area contributed by atoms with Crippen LogP contribution in [0.25, 0.3) is 11.0 Å². The SMILES string of the molecule is O=C(O)c1ccc2c(c1)nc1n2CC[C@H](F)C1. The Balaban J connectivity index is 2.17. The van der Waals surface area contributed by atoms with Gasteiger partial charge < -0.3 is 9.67 Å². The fourth-order valence-electron chi connectivity index (χ4n) is 2.29. The molecule has 0 bridgehead atoms. The van der Waals surface area contributed by atoms with E-state index >= 15 is 0 Å². The summed E-state index contributed by atoms with van der Waals surface area (Å²) in [6, 6.07) is 4.84. The van der Waals surface area contributed by atoms with Crippen LogP contribution in [0.1, 0.15) is 22.6 Å². The Morgan fingerprint density at radius 3 is 3.12 bits per heavy atom. The van der Waals surface area contributed by atoms with Gasteiger partial charge in [0.2, 0.25) is 0 Å². The molecule has 0 fully saturated rings. The van der Waals surface area contributed by atoms with Crippen LogP contribution in [0.4, 0.5) is 4.39 Å². The lowest BCUT2D eigenvalue weighted by atomic mass is 10.1. The zero-order valence-corrected chi connectivity index (χ0v) is 9.06. The number of carbonyl (C=O) groups is 1. The molecule has 1 aromatic heterocycles. The number of imidazole rings is 1. The first-order valence-corrected chi connectivity index (χ1v) is 5.51. The third-order valence-electron chi connectivity index (χ3n) is 3.14. The minimum absolute atomic E-state index is 0.213. The lowest BCUT2D eigenvalue weighted by Crippen LogP contribution is -2.20. The first kappa shape index (κ1) is 10.3. The van der Waals surface area contributed by atoms with Crippen LogP contribution in [0.3, 0.4) is 0 Å². The number of halogens is 1. The number of hydrogen-bond donors (Lipinski definition) is 1. The Hall–Kier alpha value is -1.91. The van der Waals surface area contributed by atoms with E-state index in [-0.39, 0.29) is 5.56 Å². The van der Waals surface area contributed by atoms with Crippen LogP contribution >= 0.6 is 0 Å². The molecule has 0 aliphatic carbocycles. The number of fused-ring (bicyclic) bond motifs is 3. The summed E-state index contributed by atoms with van der Waals surface area (Å²) in [4.78, 5) is 15.2. The van der Waals surface area contributed by atoms with Gasteiger partial charge in [0.05, 0.1) is 16.6 Å². The van der Waals surface area contributed by atoms with E-state index in [0.717, 1.165) is 5.52 Å². The third kappa shape index (κ3) is 1.58. The summed E-state index contributed by atoms with van der Waals surface area (Å²) >= 11 is 0. The van der Waals surface area contributed by atoms with Gasteiger partial charge in [0.15, 0.2) is 0 Å². The second-order valence-electron chi connectivity index (χ2n) is 4.28. The molecule has 0 saturated carbocycles. The van der Waals surface area contributed by atoms with Crippen LogP contribution in [-0.4, -0.2) is 26.8 Å². The number of aromatic nitrogens is 2. The van der Waals surface area contributed by atoms with Crippen molar-refractivity contribution in [2.45, 2.75) is 25.6 Å². The van der Waals surface area contributed by atoms with Crippen molar-refractivity contribution in [2.75, 3.05) is 0 Å². The standard InChI is InChI=1S/C12H11FN2O2/c13-8-3-4-15-10-2-1-7(12(16)17)5-9(10)14-11(15)6-8/h1-2,5,8H,3-4,6H2,(H,16,17)/t8-/m0/s1. The van der Waals surface area contributed by atoms with Crippen LogP contribution < -0.4 is 0 Å². The highest BCUT2D eigenvalue weighted by Crippen LogP contribution is 2.24. The summed E-state index contributed by atoms with van der Waals surface area (Å²) in [7, 11) is 0. The van der Waals surface area contributed by atoms with Gasteiger partial charge in [-0.2, -0.15) is 0 Å². The van der Waals surface area contributed by atoms with E-state index in [1.54, 1.807) is 12.1 Å². The highest BCUT2D eigenvalue weighted by atomic mass is 19.1. The Morgan fingerprint density at radius 2 is 2.35 bits per heavy atom. The van der Waals surface area contributed by atoms with E-state index in [1.807, 2.05) is 4.57 Å². The van der Waals surface area contributed by atoms with E-state index in [9.17, 15) is 9.18 Å². The highest BCUT2D eigenvalue weighted by molar-refractivity contribution is 5.92. The van der Waals surface area contributed by atoms with Gasteiger partial charge in [0.1, 0.15) is 12.0 Å². The largest absolute Gasteiger partial charge is 0.478 e. The van der Waals surface area contributed by atoms with Gasteiger partial charge in [0.25, 0.3) is 0 Å². The first-order valence-electron chi connectivity index (χ1n) is 5.51. The average molecular weight is 234 g/mol. The average Bonchev–Trinajstić information content (AvgIpc) is 2.64. The number of aromatic carboxylic acids is 1. The molecule has 17 heavy (non-hydrogen) atoms. The summed E-state index contributed by atoms with van der Waals surface area (Å²) in [5.74, 6) is -0.262. The minimum Gasteiger partial charge on any atom is -0.478 e. The van der Waals surface area contributed by atoms with Crippen LogP contribution in [-0.2, 0) is 13.0 Å². The predicted octanol–water partition coefficient (Wildman–Crippen LogP) is 2.02. The molecule has 2 heterocycles. The lowest BCUT2D eigenvalue weighted by Gasteiger charge is -2.17. The number of carboxylic acid groups (broad SMARTS) is 1. The molecule has 0 spiro atoms. The van der Waals surface area contributed by atoms with Gasteiger partial charge in [-0.15, -0.1) is 0 Å². The maximum absolute atomic E-state index is 13.3. The molecule has 0 radical (unpaired) electrons. The third-order valence-corrected chi connectivity index (χ3v) is 3.14. The molecule has 1 aliphatic heterocycles. The van der Waals surface area contributed by atoms with Gasteiger partial charge in [-0.25, -0.2) is 14.2 Å². The van der Waals surface area contributed by atoms with Crippen molar-refractivity contribution in [2.24, 2.45) is 0 Å². The molecule has 0 saturated heterocycles. The van der Waals surface area contributed by atoms with Crippen LogP contribution in [0.2, 0.25) is 0 Å². The van der Waals surface area contributed by atoms with E-state index in [4.69, 9.17) is 5.11 Å². The lowest BCUT2D eigenvalue weighted by molar-refractivity contribution is 0.0697. The van der Waals surface area contributed by atoms with Crippen molar-refractivity contribution in [1.82, 2.24) is 9.55 Å². The zero-order valence-electron chi connectivity index (χ0n) is 9.06. The van der Waals surface area contributed by atoms with Gasteiger partial charge >= 0.3 is 5.97 Å². The molecule has 4 nitrogen and oxygen atoms in total. The van der Waals surface area contributed by atoms with Crippen molar-refractivity contribution in [3.8, 4) is 0 Å². The first-order chi connectivity index (χ1) is 8.15. The topological polar surface area (TPSA) is 55.1 Å². The normalized spacial score (nSPS) is 19.2. The molecule has 88 valence electrons. The number of hydrogen-bond acceptors (Lipinski definition) is 2. The van der Waals surface area contributed by atoms with Crippen LogP contribution in [0.15, 0.2) is 18.2 Å². The van der Waals surface area contributed by atoms with Crippen molar-refractivity contribution in [1.29, 1.82) is 0 Å². The Labute approximate surface area is 96.7 Å². The van der Waals surface area contributed by atoms with Crippen molar-refractivity contribution in [3.63, 3.8) is 0 Å². The second-order valence-corrected chi connectivity index (χ2v) is 4.28. The smallest absolute Gasteiger partial charge is 0.335 e. The van der Waals surface area contributed by atoms with Crippen LogP contribution in [0, 0.1) is 0 Å². The molecule has 1 N–H and O–H groups in total. The molecule has 1 atom stereocenters. The molecular formula is C12H11FN2O2. The molecule has 0 unspecified atom stereocenters. The quantitative estimate of drug-likeness (QED) is 0.821. The number of nitrogens with zero attached hydrogens (tertiary/aromatic N) is 2. The maximum Gasteiger partial charge on any atom is 0.335 e. The number of rotatable bonds is 1. The van der Waals surface area contributed by atoms with E-state index < -0.39 is 12.1 Å². The molecule has 5 heteroatoms. The molecule has 0 amide bonds. The summed E-state index contributed by atoms with van der Waals surface area (Å²) in [6.07, 6.45) is -0.0192. The van der Waals surface area contributed by atoms with Crippen molar-refractivity contribution >= 4 is 17.0 Å².